The fourth-order valence-electron chi connectivity index (χ4n) is 3.45. The second-order valence-corrected chi connectivity index (χ2v) is 6.84. The van der Waals surface area contributed by atoms with Crippen molar-refractivity contribution in [2.24, 2.45) is 0 Å². The molecule has 0 heterocycles. The Bertz CT molecular complexity index is 999. The normalized spacial score (nSPS) is 12.3. The molecule has 8 heteroatoms. The summed E-state index contributed by atoms with van der Waals surface area (Å²) >= 11 is 0. The molecule has 0 aromatic heterocycles. The van der Waals surface area contributed by atoms with Crippen molar-refractivity contribution in [1.29, 1.82) is 0 Å². The lowest BCUT2D eigenvalue weighted by Crippen LogP contribution is -2.33. The van der Waals surface area contributed by atoms with Gasteiger partial charge >= 0.3 is 0 Å². The van der Waals surface area contributed by atoms with Gasteiger partial charge in [0, 0.05) is 13.1 Å². The number of methoxy groups -OCH3 is 1. The van der Waals surface area contributed by atoms with Gasteiger partial charge in [-0.15, -0.1) is 0 Å². The van der Waals surface area contributed by atoms with Gasteiger partial charge in [0.05, 0.1) is 25.3 Å². The van der Waals surface area contributed by atoms with E-state index in [4.69, 9.17) is 4.74 Å². The molecule has 0 bridgehead atoms. The van der Waals surface area contributed by atoms with Gasteiger partial charge in [-0.2, -0.15) is 0 Å². The molecule has 3 rings (SSSR count). The molecule has 0 saturated carbocycles. The maximum absolute atomic E-state index is 14.8. The molecule has 3 aromatic carbocycles. The molecule has 0 aliphatic carbocycles. The van der Waals surface area contributed by atoms with E-state index in [1.165, 1.54) is 36.3 Å². The monoisotopic (exact) mass is 437 g/mol. The molecule has 31 heavy (non-hydrogen) atoms. The summed E-state index contributed by atoms with van der Waals surface area (Å²) in [4.78, 5) is 1.45. The van der Waals surface area contributed by atoms with Gasteiger partial charge in [0.1, 0.15) is 5.75 Å². The van der Waals surface area contributed by atoms with Crippen LogP contribution in [0.2, 0.25) is 0 Å². The van der Waals surface area contributed by atoms with Crippen molar-refractivity contribution in [2.45, 2.75) is 12.6 Å². The topological polar surface area (TPSA) is 32.7 Å². The van der Waals surface area contributed by atoms with E-state index in [9.17, 15) is 27.1 Å². The van der Waals surface area contributed by atoms with Crippen LogP contribution in [0, 0.1) is 29.1 Å². The SMILES string of the molecule is COc1ccc(C(c2c(F)c(F)c(F)c(F)c2F)N(CCO)Cc2ccccc2)cc1. The van der Waals surface area contributed by atoms with Gasteiger partial charge in [-0.3, -0.25) is 4.90 Å². The molecule has 0 saturated heterocycles. The molecule has 1 unspecified atom stereocenters. The average molecular weight is 437 g/mol. The summed E-state index contributed by atoms with van der Waals surface area (Å²) < 4.78 is 76.4. The smallest absolute Gasteiger partial charge is 0.200 e. The third kappa shape index (κ3) is 4.70. The number of nitrogens with zero attached hydrogens (tertiary/aromatic N) is 1. The van der Waals surface area contributed by atoms with Crippen LogP contribution >= 0.6 is 0 Å². The zero-order valence-electron chi connectivity index (χ0n) is 16.6. The van der Waals surface area contributed by atoms with E-state index in [2.05, 4.69) is 0 Å². The number of aliphatic hydroxyl groups excluding tert-OH is 1. The number of hydrogen-bond acceptors (Lipinski definition) is 3. The minimum atomic E-state index is -2.22. The van der Waals surface area contributed by atoms with Crippen molar-refractivity contribution >= 4 is 0 Å². The fourth-order valence-corrected chi connectivity index (χ4v) is 3.45. The quantitative estimate of drug-likeness (QED) is 0.307. The Balaban J connectivity index is 2.21. The van der Waals surface area contributed by atoms with Gasteiger partial charge in [-0.25, -0.2) is 22.0 Å². The Kier molecular flexibility index (Phi) is 7.25. The second-order valence-electron chi connectivity index (χ2n) is 6.84. The predicted octanol–water partition coefficient (Wildman–Crippen LogP) is 4.97. The minimum Gasteiger partial charge on any atom is -0.497 e. The lowest BCUT2D eigenvalue weighted by Gasteiger charge is -2.33. The van der Waals surface area contributed by atoms with E-state index in [1.54, 1.807) is 30.3 Å². The lowest BCUT2D eigenvalue weighted by molar-refractivity contribution is 0.155. The number of halogens is 5. The molecule has 0 fully saturated rings. The lowest BCUT2D eigenvalue weighted by atomic mass is 9.94. The zero-order valence-corrected chi connectivity index (χ0v) is 16.6. The van der Waals surface area contributed by atoms with Gasteiger partial charge in [-0.05, 0) is 23.3 Å². The Hall–Kier alpha value is -2.97. The molecule has 0 radical (unpaired) electrons. The summed E-state index contributed by atoms with van der Waals surface area (Å²) in [5.74, 6) is -9.62. The van der Waals surface area contributed by atoms with Crippen molar-refractivity contribution in [2.75, 3.05) is 20.3 Å². The first-order valence-corrected chi connectivity index (χ1v) is 9.43. The van der Waals surface area contributed by atoms with Crippen molar-refractivity contribution < 1.29 is 31.8 Å². The number of rotatable bonds is 8. The standard InChI is InChI=1S/C23H20F5NO2/c1-31-16-9-7-15(8-10-16)23(17-18(24)20(26)22(28)21(27)19(17)25)29(11-12-30)13-14-5-3-2-4-6-14/h2-10,23,30H,11-13H2,1H3. The second kappa shape index (κ2) is 9.89. The van der Waals surface area contributed by atoms with Crippen LogP contribution in [0.5, 0.6) is 5.75 Å². The highest BCUT2D eigenvalue weighted by Crippen LogP contribution is 2.36. The van der Waals surface area contributed by atoms with E-state index in [0.717, 1.165) is 5.56 Å². The summed E-state index contributed by atoms with van der Waals surface area (Å²) in [6, 6.07) is 13.5. The molecular weight excluding hydrogens is 417 g/mol. The van der Waals surface area contributed by atoms with Gasteiger partial charge in [0.15, 0.2) is 23.3 Å². The third-order valence-electron chi connectivity index (χ3n) is 4.93. The summed E-state index contributed by atoms with van der Waals surface area (Å²) in [6.45, 7) is -0.377. The van der Waals surface area contributed by atoms with Crippen LogP contribution in [-0.2, 0) is 6.54 Å². The summed E-state index contributed by atoms with van der Waals surface area (Å²) in [7, 11) is 1.43. The predicted molar refractivity (Wildman–Crippen MR) is 105 cm³/mol. The molecule has 0 aliphatic heterocycles. The van der Waals surface area contributed by atoms with E-state index in [1.807, 2.05) is 0 Å². The first-order valence-electron chi connectivity index (χ1n) is 9.43. The first-order chi connectivity index (χ1) is 14.9. The van der Waals surface area contributed by atoms with Gasteiger partial charge < -0.3 is 9.84 Å². The fraction of sp³-hybridized carbons (Fsp3) is 0.217. The molecule has 3 aromatic rings. The van der Waals surface area contributed by atoms with Gasteiger partial charge in [0.2, 0.25) is 5.82 Å². The van der Waals surface area contributed by atoms with Crippen molar-refractivity contribution in [3.8, 4) is 5.75 Å². The van der Waals surface area contributed by atoms with E-state index >= 15 is 0 Å². The van der Waals surface area contributed by atoms with Crippen LogP contribution in [0.3, 0.4) is 0 Å². The van der Waals surface area contributed by atoms with Crippen molar-refractivity contribution in [1.82, 2.24) is 4.90 Å². The Morgan fingerprint density at radius 2 is 1.35 bits per heavy atom. The summed E-state index contributed by atoms with van der Waals surface area (Å²) in [5, 5.41) is 9.57. The van der Waals surface area contributed by atoms with Crippen molar-refractivity contribution in [3.05, 3.63) is 100 Å². The first kappa shape index (κ1) is 22.7. The zero-order chi connectivity index (χ0) is 22.5. The summed E-state index contributed by atoms with van der Waals surface area (Å²) in [5.41, 5.74) is 0.0256. The molecule has 1 N–H and O–H groups in total. The maximum atomic E-state index is 14.8. The number of hydrogen-bond donors (Lipinski definition) is 1. The van der Waals surface area contributed by atoms with E-state index in [-0.39, 0.29) is 18.7 Å². The van der Waals surface area contributed by atoms with Crippen LogP contribution in [-0.4, -0.2) is 30.3 Å². The van der Waals surface area contributed by atoms with E-state index < -0.39 is 47.3 Å². The van der Waals surface area contributed by atoms with Crippen LogP contribution in [0.25, 0.3) is 0 Å². The number of ether oxygens (including phenoxy) is 1. The average Bonchev–Trinajstić information content (AvgIpc) is 2.80. The molecule has 3 nitrogen and oxygen atoms in total. The molecular formula is C23H20F5NO2. The molecule has 0 amide bonds. The van der Waals surface area contributed by atoms with Gasteiger partial charge in [-0.1, -0.05) is 42.5 Å². The van der Waals surface area contributed by atoms with Crippen LogP contribution in [0.1, 0.15) is 22.7 Å². The molecule has 1 atom stereocenters. The molecule has 164 valence electrons. The summed E-state index contributed by atoms with van der Waals surface area (Å²) in [6.07, 6.45) is 0. The Morgan fingerprint density at radius 3 is 1.87 bits per heavy atom. The van der Waals surface area contributed by atoms with E-state index in [0.29, 0.717) is 5.75 Å². The molecule has 0 spiro atoms. The van der Waals surface area contributed by atoms with Crippen LogP contribution in [0.15, 0.2) is 54.6 Å². The van der Waals surface area contributed by atoms with Crippen LogP contribution < -0.4 is 4.74 Å². The maximum Gasteiger partial charge on any atom is 0.200 e. The minimum absolute atomic E-state index is 0.0783. The highest BCUT2D eigenvalue weighted by Gasteiger charge is 2.34. The van der Waals surface area contributed by atoms with Crippen molar-refractivity contribution in [3.63, 3.8) is 0 Å². The highest BCUT2D eigenvalue weighted by atomic mass is 19.2. The van der Waals surface area contributed by atoms with Gasteiger partial charge in [0.25, 0.3) is 0 Å². The Morgan fingerprint density at radius 1 is 0.806 bits per heavy atom. The number of benzene rings is 3. The van der Waals surface area contributed by atoms with Crippen LogP contribution in [0.4, 0.5) is 22.0 Å². The number of aliphatic hydroxyl groups is 1. The highest BCUT2D eigenvalue weighted by molar-refractivity contribution is 5.38. The molecule has 0 aliphatic rings. The Labute approximate surface area is 176 Å². The third-order valence-corrected chi connectivity index (χ3v) is 4.93. The largest absolute Gasteiger partial charge is 0.497 e.